The largest absolute Gasteiger partial charge is 0.573 e. The summed E-state index contributed by atoms with van der Waals surface area (Å²) in [5, 5.41) is 0. The number of halogens is 4. The molecule has 0 aliphatic heterocycles. The SMILES string of the molecule is CN(Cc1ccc(OC(F)(F)F)cc1)C(=O)CS(=O)(=O)Cc1cccc(Br)c1. The highest BCUT2D eigenvalue weighted by Crippen LogP contribution is 2.23. The summed E-state index contributed by atoms with van der Waals surface area (Å²) in [6, 6.07) is 11.8. The van der Waals surface area contributed by atoms with E-state index in [2.05, 4.69) is 20.7 Å². The van der Waals surface area contributed by atoms with Crippen molar-refractivity contribution in [3.8, 4) is 5.75 Å². The quantitative estimate of drug-likeness (QED) is 0.603. The van der Waals surface area contributed by atoms with Gasteiger partial charge in [0, 0.05) is 18.1 Å². The summed E-state index contributed by atoms with van der Waals surface area (Å²) >= 11 is 3.26. The van der Waals surface area contributed by atoms with Crippen molar-refractivity contribution in [2.45, 2.75) is 18.7 Å². The molecule has 0 aliphatic rings. The molecule has 2 aromatic carbocycles. The first-order valence-corrected chi connectivity index (χ1v) is 10.6. The Hall–Kier alpha value is -2.07. The molecular weight excluding hydrogens is 463 g/mol. The molecular formula is C18H17BrF3NO4S. The normalized spacial score (nSPS) is 11.9. The van der Waals surface area contributed by atoms with Crippen molar-refractivity contribution >= 4 is 31.7 Å². The Balaban J connectivity index is 1.94. The fraction of sp³-hybridized carbons (Fsp3) is 0.278. The van der Waals surface area contributed by atoms with Gasteiger partial charge < -0.3 is 9.64 Å². The summed E-state index contributed by atoms with van der Waals surface area (Å²) in [7, 11) is -2.24. The molecule has 0 fully saturated rings. The van der Waals surface area contributed by atoms with Crippen LogP contribution in [0.5, 0.6) is 5.75 Å². The Bertz CT molecular complexity index is 931. The number of ether oxygens (including phenoxy) is 1. The van der Waals surface area contributed by atoms with Crippen molar-refractivity contribution in [3.63, 3.8) is 0 Å². The molecule has 2 rings (SSSR count). The number of alkyl halides is 3. The Morgan fingerprint density at radius 2 is 1.75 bits per heavy atom. The Morgan fingerprint density at radius 3 is 2.32 bits per heavy atom. The second kappa shape index (κ2) is 8.95. The zero-order valence-electron chi connectivity index (χ0n) is 14.7. The zero-order chi connectivity index (χ0) is 20.9. The molecule has 0 saturated carbocycles. The summed E-state index contributed by atoms with van der Waals surface area (Å²) in [6.45, 7) is 0.0531. The van der Waals surface area contributed by atoms with E-state index in [-0.39, 0.29) is 18.0 Å². The first-order chi connectivity index (χ1) is 12.9. The number of sulfone groups is 1. The predicted molar refractivity (Wildman–Crippen MR) is 101 cm³/mol. The predicted octanol–water partition coefficient (Wildman–Crippen LogP) is 3.92. The molecule has 0 atom stereocenters. The number of benzene rings is 2. The third-order valence-corrected chi connectivity index (χ3v) is 5.57. The Morgan fingerprint density at radius 1 is 1.11 bits per heavy atom. The standard InChI is InChI=1S/C18H17BrF3NO4S/c1-23(10-13-5-7-16(8-6-13)27-18(20,21)22)17(24)12-28(25,26)11-14-3-2-4-15(19)9-14/h2-9H,10-12H2,1H3. The van der Waals surface area contributed by atoms with Gasteiger partial charge in [-0.2, -0.15) is 0 Å². The average Bonchev–Trinajstić information content (AvgIpc) is 2.54. The average molecular weight is 480 g/mol. The highest BCUT2D eigenvalue weighted by atomic mass is 79.9. The van der Waals surface area contributed by atoms with E-state index >= 15 is 0 Å². The molecule has 1 amide bonds. The van der Waals surface area contributed by atoms with Crippen LogP contribution in [0.4, 0.5) is 13.2 Å². The van der Waals surface area contributed by atoms with Gasteiger partial charge in [-0.05, 0) is 35.4 Å². The van der Waals surface area contributed by atoms with E-state index < -0.39 is 27.9 Å². The first kappa shape index (κ1) is 22.2. The van der Waals surface area contributed by atoms with Crippen LogP contribution in [0.25, 0.3) is 0 Å². The number of carbonyl (C=O) groups excluding carboxylic acids is 1. The molecule has 0 aromatic heterocycles. The fourth-order valence-corrected chi connectivity index (χ4v) is 4.22. The van der Waals surface area contributed by atoms with Gasteiger partial charge in [-0.1, -0.05) is 40.2 Å². The monoisotopic (exact) mass is 479 g/mol. The van der Waals surface area contributed by atoms with Gasteiger partial charge in [0.2, 0.25) is 5.91 Å². The van der Waals surface area contributed by atoms with Crippen molar-refractivity contribution in [2.75, 3.05) is 12.8 Å². The van der Waals surface area contributed by atoms with Crippen LogP contribution in [0.3, 0.4) is 0 Å². The molecule has 5 nitrogen and oxygen atoms in total. The van der Waals surface area contributed by atoms with Crippen LogP contribution in [-0.4, -0.2) is 38.4 Å². The van der Waals surface area contributed by atoms with Crippen molar-refractivity contribution in [2.24, 2.45) is 0 Å². The maximum Gasteiger partial charge on any atom is 0.573 e. The maximum absolute atomic E-state index is 12.3. The van der Waals surface area contributed by atoms with E-state index in [0.29, 0.717) is 11.1 Å². The van der Waals surface area contributed by atoms with Gasteiger partial charge in [-0.15, -0.1) is 13.2 Å². The molecule has 0 N–H and O–H groups in total. The lowest BCUT2D eigenvalue weighted by Crippen LogP contribution is -2.32. The third-order valence-electron chi connectivity index (χ3n) is 3.62. The van der Waals surface area contributed by atoms with Crippen LogP contribution >= 0.6 is 15.9 Å². The molecule has 10 heteroatoms. The van der Waals surface area contributed by atoms with Gasteiger partial charge in [-0.3, -0.25) is 4.79 Å². The van der Waals surface area contributed by atoms with E-state index in [1.165, 1.54) is 24.1 Å². The van der Waals surface area contributed by atoms with Gasteiger partial charge in [0.05, 0.1) is 5.75 Å². The van der Waals surface area contributed by atoms with Crippen molar-refractivity contribution < 1.29 is 31.1 Å². The molecule has 0 aliphatic carbocycles. The van der Waals surface area contributed by atoms with Crippen LogP contribution < -0.4 is 4.74 Å². The minimum absolute atomic E-state index is 0.0531. The number of amides is 1. The third kappa shape index (κ3) is 7.51. The molecule has 152 valence electrons. The smallest absolute Gasteiger partial charge is 0.406 e. The summed E-state index contributed by atoms with van der Waals surface area (Å²) in [4.78, 5) is 13.4. The Kier molecular flexibility index (Phi) is 7.11. The second-order valence-electron chi connectivity index (χ2n) is 6.10. The van der Waals surface area contributed by atoms with Crippen LogP contribution in [0.2, 0.25) is 0 Å². The highest BCUT2D eigenvalue weighted by Gasteiger charge is 2.31. The highest BCUT2D eigenvalue weighted by molar-refractivity contribution is 9.10. The van der Waals surface area contributed by atoms with E-state index in [1.807, 2.05) is 0 Å². The summed E-state index contributed by atoms with van der Waals surface area (Å²) in [6.07, 6.45) is -4.78. The molecule has 2 aromatic rings. The molecule has 0 spiro atoms. The minimum Gasteiger partial charge on any atom is -0.406 e. The lowest BCUT2D eigenvalue weighted by molar-refractivity contribution is -0.274. The Labute approximate surface area is 169 Å². The van der Waals surface area contributed by atoms with E-state index in [9.17, 15) is 26.4 Å². The molecule has 0 bridgehead atoms. The fourth-order valence-electron chi connectivity index (χ4n) is 2.39. The van der Waals surface area contributed by atoms with Gasteiger partial charge >= 0.3 is 6.36 Å². The summed E-state index contributed by atoms with van der Waals surface area (Å²) in [5.74, 6) is -1.91. The van der Waals surface area contributed by atoms with Crippen molar-refractivity contribution in [3.05, 3.63) is 64.1 Å². The zero-order valence-corrected chi connectivity index (χ0v) is 17.1. The molecule has 0 unspecified atom stereocenters. The number of rotatable bonds is 7. The number of hydrogen-bond acceptors (Lipinski definition) is 4. The molecule has 0 radical (unpaired) electrons. The van der Waals surface area contributed by atoms with Crippen molar-refractivity contribution in [1.29, 1.82) is 0 Å². The van der Waals surface area contributed by atoms with Gasteiger partial charge in [-0.25, -0.2) is 8.42 Å². The van der Waals surface area contributed by atoms with Crippen LogP contribution in [0, 0.1) is 0 Å². The van der Waals surface area contributed by atoms with E-state index in [1.54, 1.807) is 24.3 Å². The van der Waals surface area contributed by atoms with Gasteiger partial charge in [0.25, 0.3) is 0 Å². The number of hydrogen-bond donors (Lipinski definition) is 0. The second-order valence-corrected chi connectivity index (χ2v) is 9.08. The van der Waals surface area contributed by atoms with E-state index in [0.717, 1.165) is 16.6 Å². The minimum atomic E-state index is -4.78. The maximum atomic E-state index is 12.3. The van der Waals surface area contributed by atoms with Crippen LogP contribution in [-0.2, 0) is 26.9 Å². The van der Waals surface area contributed by atoms with Crippen LogP contribution in [0.15, 0.2) is 53.0 Å². The molecule has 0 saturated heterocycles. The van der Waals surface area contributed by atoms with E-state index in [4.69, 9.17) is 0 Å². The summed E-state index contributed by atoms with van der Waals surface area (Å²) in [5.41, 5.74) is 1.10. The lowest BCUT2D eigenvalue weighted by atomic mass is 10.2. The molecule has 28 heavy (non-hydrogen) atoms. The lowest BCUT2D eigenvalue weighted by Gasteiger charge is -2.18. The molecule has 0 heterocycles. The van der Waals surface area contributed by atoms with Gasteiger partial charge in [0.1, 0.15) is 11.5 Å². The van der Waals surface area contributed by atoms with Crippen molar-refractivity contribution in [1.82, 2.24) is 4.90 Å². The summed E-state index contributed by atoms with van der Waals surface area (Å²) < 4.78 is 65.5. The number of carbonyl (C=O) groups is 1. The first-order valence-electron chi connectivity index (χ1n) is 7.97. The topological polar surface area (TPSA) is 63.7 Å². The number of nitrogens with zero attached hydrogens (tertiary/aromatic N) is 1. The van der Waals surface area contributed by atoms with Gasteiger partial charge in [0.15, 0.2) is 9.84 Å². The van der Waals surface area contributed by atoms with Crippen LogP contribution in [0.1, 0.15) is 11.1 Å².